The first-order valence-corrected chi connectivity index (χ1v) is 9.99. The van der Waals surface area contributed by atoms with Crippen LogP contribution in [0.25, 0.3) is 10.2 Å². The van der Waals surface area contributed by atoms with Gasteiger partial charge in [0.2, 0.25) is 0 Å². The van der Waals surface area contributed by atoms with Gasteiger partial charge in [0.15, 0.2) is 5.82 Å². The maximum absolute atomic E-state index is 4.60. The number of H-pyrrole nitrogens is 1. The molecule has 7 nitrogen and oxygen atoms in total. The van der Waals surface area contributed by atoms with E-state index in [9.17, 15) is 0 Å². The van der Waals surface area contributed by atoms with Crippen LogP contribution in [0.4, 0.5) is 5.82 Å². The van der Waals surface area contributed by atoms with E-state index in [1.807, 2.05) is 29.5 Å². The number of rotatable bonds is 5. The van der Waals surface area contributed by atoms with Gasteiger partial charge in [-0.2, -0.15) is 5.21 Å². The second kappa shape index (κ2) is 7.03. The molecule has 1 aromatic carbocycles. The van der Waals surface area contributed by atoms with E-state index >= 15 is 0 Å². The van der Waals surface area contributed by atoms with E-state index in [-0.39, 0.29) is 6.04 Å². The molecule has 4 aromatic rings. The molecule has 0 bridgehead atoms. The zero-order chi connectivity index (χ0) is 18.1. The number of aromatic amines is 1. The molecular weight excluding hydrogens is 358 g/mol. The topological polar surface area (TPSA) is 92.3 Å². The fraction of sp³-hybridized carbons (Fsp3) is 0.316. The Morgan fingerprint density at radius 3 is 2.85 bits per heavy atom. The predicted molar refractivity (Wildman–Crippen MR) is 105 cm³/mol. The molecule has 0 saturated heterocycles. The van der Waals surface area contributed by atoms with Crippen LogP contribution in [0.2, 0.25) is 0 Å². The number of aryl methyl sites for hydroxylation is 2. The van der Waals surface area contributed by atoms with Gasteiger partial charge in [-0.05, 0) is 36.8 Å². The zero-order valence-corrected chi connectivity index (χ0v) is 15.5. The van der Waals surface area contributed by atoms with Gasteiger partial charge in [-0.15, -0.1) is 21.5 Å². The highest BCUT2D eigenvalue weighted by Crippen LogP contribution is 2.39. The Balaban J connectivity index is 1.55. The minimum absolute atomic E-state index is 0.000963. The van der Waals surface area contributed by atoms with E-state index < -0.39 is 0 Å². The highest BCUT2D eigenvalue weighted by molar-refractivity contribution is 7.19. The lowest BCUT2D eigenvalue weighted by atomic mass is 9.96. The van der Waals surface area contributed by atoms with Crippen LogP contribution in [-0.2, 0) is 19.3 Å². The summed E-state index contributed by atoms with van der Waals surface area (Å²) in [5.74, 6) is 1.57. The van der Waals surface area contributed by atoms with Crippen LogP contribution in [0.15, 0.2) is 36.7 Å². The molecule has 3 heterocycles. The molecule has 1 aliphatic carbocycles. The lowest BCUT2D eigenvalue weighted by Crippen LogP contribution is -2.16. The first-order chi connectivity index (χ1) is 13.4. The number of nitrogens with one attached hydrogen (secondary N) is 2. The first-order valence-electron chi connectivity index (χ1n) is 9.17. The van der Waals surface area contributed by atoms with Gasteiger partial charge < -0.3 is 5.32 Å². The monoisotopic (exact) mass is 377 g/mol. The number of aromatic nitrogens is 6. The van der Waals surface area contributed by atoms with Crippen molar-refractivity contribution in [3.05, 3.63) is 58.5 Å². The lowest BCUT2D eigenvalue weighted by Gasteiger charge is -2.20. The second-order valence-corrected chi connectivity index (χ2v) is 7.84. The number of hydrogen-bond acceptors (Lipinski definition) is 7. The van der Waals surface area contributed by atoms with E-state index in [0.717, 1.165) is 29.1 Å². The summed E-state index contributed by atoms with van der Waals surface area (Å²) in [6, 6.07) is 10.3. The number of tetrazole rings is 1. The van der Waals surface area contributed by atoms with Gasteiger partial charge in [-0.1, -0.05) is 35.5 Å². The lowest BCUT2D eigenvalue weighted by molar-refractivity contribution is 0.699. The number of hydrogen-bond donors (Lipinski definition) is 2. The molecule has 0 fully saturated rings. The molecular formula is C19H19N7S. The van der Waals surface area contributed by atoms with Crippen LogP contribution in [0.3, 0.4) is 0 Å². The fourth-order valence-corrected chi connectivity index (χ4v) is 4.98. The Morgan fingerprint density at radius 1 is 1.11 bits per heavy atom. The summed E-state index contributed by atoms with van der Waals surface area (Å²) < 4.78 is 0. The van der Waals surface area contributed by atoms with Crippen molar-refractivity contribution in [3.8, 4) is 0 Å². The first kappa shape index (κ1) is 16.3. The predicted octanol–water partition coefficient (Wildman–Crippen LogP) is 3.48. The van der Waals surface area contributed by atoms with Crippen molar-refractivity contribution in [2.45, 2.75) is 38.1 Å². The third-order valence-electron chi connectivity index (χ3n) is 5.04. The summed E-state index contributed by atoms with van der Waals surface area (Å²) in [4.78, 5) is 11.7. The smallest absolute Gasteiger partial charge is 0.176 e. The van der Waals surface area contributed by atoms with E-state index in [1.54, 1.807) is 6.33 Å². The Bertz CT molecular complexity index is 1040. The molecule has 0 amide bonds. The highest BCUT2D eigenvalue weighted by Gasteiger charge is 2.22. The number of nitrogens with zero attached hydrogens (tertiary/aromatic N) is 5. The van der Waals surface area contributed by atoms with Crippen molar-refractivity contribution >= 4 is 27.4 Å². The van der Waals surface area contributed by atoms with Crippen LogP contribution in [0.5, 0.6) is 0 Å². The molecule has 136 valence electrons. The quantitative estimate of drug-likeness (QED) is 0.553. The summed E-state index contributed by atoms with van der Waals surface area (Å²) >= 11 is 1.81. The van der Waals surface area contributed by atoms with E-state index in [4.69, 9.17) is 0 Å². The van der Waals surface area contributed by atoms with Gasteiger partial charge >= 0.3 is 0 Å². The summed E-state index contributed by atoms with van der Waals surface area (Å²) in [7, 11) is 0. The number of benzene rings is 1. The maximum Gasteiger partial charge on any atom is 0.176 e. The number of anilines is 1. The summed E-state index contributed by atoms with van der Waals surface area (Å²) in [5, 5.41) is 19.3. The number of fused-ring (bicyclic) bond motifs is 3. The van der Waals surface area contributed by atoms with Crippen LogP contribution < -0.4 is 5.32 Å². The maximum atomic E-state index is 4.60. The summed E-state index contributed by atoms with van der Waals surface area (Å²) in [6.07, 6.45) is 7.04. The third-order valence-corrected chi connectivity index (χ3v) is 6.24. The minimum Gasteiger partial charge on any atom is -0.362 e. The fourth-order valence-electron chi connectivity index (χ4n) is 3.75. The van der Waals surface area contributed by atoms with Gasteiger partial charge in [-0.3, -0.25) is 0 Å². The van der Waals surface area contributed by atoms with Gasteiger partial charge in [-0.25, -0.2) is 9.97 Å². The molecule has 0 radical (unpaired) electrons. The molecule has 2 N–H and O–H groups in total. The van der Waals surface area contributed by atoms with Crippen molar-refractivity contribution in [2.75, 3.05) is 5.32 Å². The molecule has 0 aliphatic heterocycles. The highest BCUT2D eigenvalue weighted by atomic mass is 32.1. The number of thiophene rings is 1. The Kier molecular flexibility index (Phi) is 4.25. The van der Waals surface area contributed by atoms with E-state index in [2.05, 4.69) is 48.0 Å². The SMILES string of the molecule is c1ccc([C@@H](Cc2nn[nH]n2)Nc2ncnc3sc4c(c23)CCCC4)cc1. The van der Waals surface area contributed by atoms with Crippen molar-refractivity contribution < 1.29 is 0 Å². The Hall–Kier alpha value is -2.87. The minimum atomic E-state index is 0.000963. The van der Waals surface area contributed by atoms with Crippen LogP contribution in [-0.4, -0.2) is 30.6 Å². The molecule has 8 heteroatoms. The van der Waals surface area contributed by atoms with Crippen LogP contribution >= 0.6 is 11.3 Å². The van der Waals surface area contributed by atoms with Crippen LogP contribution in [0.1, 0.15) is 40.7 Å². The average molecular weight is 377 g/mol. The second-order valence-electron chi connectivity index (χ2n) is 6.75. The Labute approximate surface area is 160 Å². The van der Waals surface area contributed by atoms with Gasteiger partial charge in [0.1, 0.15) is 17.0 Å². The molecule has 3 aromatic heterocycles. The zero-order valence-electron chi connectivity index (χ0n) is 14.7. The molecule has 1 aliphatic rings. The van der Waals surface area contributed by atoms with Gasteiger partial charge in [0.05, 0.1) is 11.4 Å². The van der Waals surface area contributed by atoms with E-state index in [1.165, 1.54) is 28.7 Å². The van der Waals surface area contributed by atoms with Crippen molar-refractivity contribution in [1.82, 2.24) is 30.6 Å². The van der Waals surface area contributed by atoms with Crippen molar-refractivity contribution in [2.24, 2.45) is 0 Å². The molecule has 0 spiro atoms. The largest absolute Gasteiger partial charge is 0.362 e. The van der Waals surface area contributed by atoms with Gasteiger partial charge in [0.25, 0.3) is 0 Å². The van der Waals surface area contributed by atoms with Crippen molar-refractivity contribution in [1.29, 1.82) is 0 Å². The Morgan fingerprint density at radius 2 is 2.00 bits per heavy atom. The van der Waals surface area contributed by atoms with E-state index in [0.29, 0.717) is 12.2 Å². The van der Waals surface area contributed by atoms with Crippen LogP contribution in [0, 0.1) is 0 Å². The normalized spacial score (nSPS) is 14.8. The van der Waals surface area contributed by atoms with Gasteiger partial charge in [0, 0.05) is 11.3 Å². The molecule has 27 heavy (non-hydrogen) atoms. The summed E-state index contributed by atoms with van der Waals surface area (Å²) in [6.45, 7) is 0. The third kappa shape index (κ3) is 3.16. The molecule has 1 atom stereocenters. The van der Waals surface area contributed by atoms with Crippen molar-refractivity contribution in [3.63, 3.8) is 0 Å². The summed E-state index contributed by atoms with van der Waals surface area (Å²) in [5.41, 5.74) is 2.59. The standard InChI is InChI=1S/C19H19N7S/c1-2-6-12(7-3-1)14(10-16-23-25-26-24-16)22-18-17-13-8-4-5-9-15(13)27-19(17)21-11-20-18/h1-3,6-7,11,14H,4-5,8-10H2,(H,20,21,22)(H,23,24,25,26)/t14-/m1/s1. The molecule has 5 rings (SSSR count). The molecule has 0 unspecified atom stereocenters. The molecule has 0 saturated carbocycles. The average Bonchev–Trinajstić information content (AvgIpc) is 3.36.